The fraction of sp³-hybridized carbons (Fsp3) is 0.833. The summed E-state index contributed by atoms with van der Waals surface area (Å²) in [7, 11) is 0. The van der Waals surface area contributed by atoms with Gasteiger partial charge in [-0.25, -0.2) is 0 Å². The van der Waals surface area contributed by atoms with Crippen molar-refractivity contribution in [1.29, 1.82) is 0 Å². The van der Waals surface area contributed by atoms with Crippen LogP contribution in [0.1, 0.15) is 80.1 Å². The van der Waals surface area contributed by atoms with Gasteiger partial charge in [-0.15, -0.1) is 0 Å². The van der Waals surface area contributed by atoms with E-state index in [-0.39, 0.29) is 28.9 Å². The van der Waals surface area contributed by atoms with Crippen LogP contribution in [0, 0.1) is 11.3 Å². The van der Waals surface area contributed by atoms with Crippen LogP contribution in [0.5, 0.6) is 0 Å². The number of amides is 2. The molecule has 128 valence electrons. The minimum atomic E-state index is -0.169. The van der Waals surface area contributed by atoms with Crippen LogP contribution in [0.3, 0.4) is 0 Å². The smallest absolute Gasteiger partial charge is 0.233 e. The number of hydrogen-bond acceptors (Lipinski definition) is 3. The first-order chi connectivity index (χ1) is 10.3. The molecule has 0 bridgehead atoms. The van der Waals surface area contributed by atoms with Crippen molar-refractivity contribution in [2.45, 2.75) is 80.1 Å². The van der Waals surface area contributed by atoms with Gasteiger partial charge in [-0.1, -0.05) is 47.5 Å². The fourth-order valence-electron chi connectivity index (χ4n) is 2.60. The van der Waals surface area contributed by atoms with E-state index >= 15 is 0 Å². The van der Waals surface area contributed by atoms with Gasteiger partial charge < -0.3 is 4.79 Å². The number of nitrogens with zero attached hydrogens (tertiary/aromatic N) is 1. The SMILES string of the molecule is CC.CCC(C)(C)C1CC(=O)N(CCCCCC(C)=O)C1=O. The molecule has 1 aliphatic heterocycles. The maximum atomic E-state index is 12.3. The Morgan fingerprint density at radius 2 is 1.77 bits per heavy atom. The third-order valence-corrected chi connectivity index (χ3v) is 4.51. The summed E-state index contributed by atoms with van der Waals surface area (Å²) in [6, 6.07) is 0. The lowest BCUT2D eigenvalue weighted by atomic mass is 9.76. The molecule has 0 N–H and O–H groups in total. The van der Waals surface area contributed by atoms with Gasteiger partial charge >= 0.3 is 0 Å². The van der Waals surface area contributed by atoms with Crippen LogP contribution >= 0.6 is 0 Å². The van der Waals surface area contributed by atoms with E-state index in [0.717, 1.165) is 25.7 Å². The number of rotatable bonds is 8. The van der Waals surface area contributed by atoms with Crippen LogP contribution in [-0.4, -0.2) is 29.0 Å². The summed E-state index contributed by atoms with van der Waals surface area (Å²) in [5.41, 5.74) is -0.115. The molecular formula is C18H33NO3. The largest absolute Gasteiger partial charge is 0.300 e. The van der Waals surface area contributed by atoms with Gasteiger partial charge in [0.05, 0.1) is 5.92 Å². The molecular weight excluding hydrogens is 278 g/mol. The number of imide groups is 1. The minimum Gasteiger partial charge on any atom is -0.300 e. The summed E-state index contributed by atoms with van der Waals surface area (Å²) in [4.78, 5) is 36.6. The Morgan fingerprint density at radius 3 is 2.27 bits per heavy atom. The van der Waals surface area contributed by atoms with Crippen molar-refractivity contribution >= 4 is 17.6 Å². The van der Waals surface area contributed by atoms with Crippen molar-refractivity contribution < 1.29 is 14.4 Å². The van der Waals surface area contributed by atoms with E-state index in [0.29, 0.717) is 19.4 Å². The number of Topliss-reactive ketones (excluding diaryl/α,β-unsaturated/α-hetero) is 1. The molecule has 0 aliphatic carbocycles. The van der Waals surface area contributed by atoms with E-state index in [1.807, 2.05) is 13.8 Å². The predicted molar refractivity (Wildman–Crippen MR) is 89.4 cm³/mol. The summed E-state index contributed by atoms with van der Waals surface area (Å²) >= 11 is 0. The lowest BCUT2D eigenvalue weighted by Crippen LogP contribution is -2.35. The van der Waals surface area contributed by atoms with E-state index in [4.69, 9.17) is 0 Å². The topological polar surface area (TPSA) is 54.5 Å². The number of unbranched alkanes of at least 4 members (excludes halogenated alkanes) is 2. The van der Waals surface area contributed by atoms with Gasteiger partial charge in [0.2, 0.25) is 11.8 Å². The highest BCUT2D eigenvalue weighted by molar-refractivity contribution is 6.03. The molecule has 0 saturated carbocycles. The van der Waals surface area contributed by atoms with E-state index < -0.39 is 0 Å². The summed E-state index contributed by atoms with van der Waals surface area (Å²) in [5.74, 6) is -0.0122. The molecule has 0 aromatic heterocycles. The fourth-order valence-corrected chi connectivity index (χ4v) is 2.60. The number of carbonyl (C=O) groups excluding carboxylic acids is 3. The third kappa shape index (κ3) is 5.90. The van der Waals surface area contributed by atoms with Crippen molar-refractivity contribution in [2.24, 2.45) is 11.3 Å². The van der Waals surface area contributed by atoms with Gasteiger partial charge in [0.15, 0.2) is 0 Å². The van der Waals surface area contributed by atoms with Gasteiger partial charge in [-0.3, -0.25) is 14.5 Å². The Balaban J connectivity index is 0.00000211. The van der Waals surface area contributed by atoms with Crippen molar-refractivity contribution in [3.05, 3.63) is 0 Å². The number of hydrogen-bond donors (Lipinski definition) is 0. The summed E-state index contributed by atoms with van der Waals surface area (Å²) in [6.45, 7) is 12.3. The highest BCUT2D eigenvalue weighted by Crippen LogP contribution is 2.38. The van der Waals surface area contributed by atoms with Crippen LogP contribution in [0.25, 0.3) is 0 Å². The molecule has 0 aromatic rings. The normalized spacial score (nSPS) is 18.3. The van der Waals surface area contributed by atoms with Gasteiger partial charge in [-0.05, 0) is 25.2 Å². The van der Waals surface area contributed by atoms with Crippen LogP contribution in [0.2, 0.25) is 0 Å². The van der Waals surface area contributed by atoms with Crippen LogP contribution < -0.4 is 0 Å². The molecule has 1 unspecified atom stereocenters. The average molecular weight is 311 g/mol. The Kier molecular flexibility index (Phi) is 9.22. The second-order valence-corrected chi connectivity index (χ2v) is 6.50. The summed E-state index contributed by atoms with van der Waals surface area (Å²) < 4.78 is 0. The zero-order valence-electron chi connectivity index (χ0n) is 15.2. The number of carbonyl (C=O) groups is 3. The zero-order chi connectivity index (χ0) is 17.3. The average Bonchev–Trinajstić information content (AvgIpc) is 2.77. The number of ketones is 1. The molecule has 2 amide bonds. The molecule has 22 heavy (non-hydrogen) atoms. The number of likely N-dealkylation sites (tertiary alicyclic amines) is 1. The first-order valence-corrected chi connectivity index (χ1v) is 8.63. The van der Waals surface area contributed by atoms with Gasteiger partial charge in [0.1, 0.15) is 5.78 Å². The molecule has 0 radical (unpaired) electrons. The molecule has 1 atom stereocenters. The summed E-state index contributed by atoms with van der Waals surface area (Å²) in [5, 5.41) is 0. The standard InChI is InChI=1S/C16H27NO3.C2H6/c1-5-16(3,4)13-11-14(19)17(15(13)20)10-8-6-7-9-12(2)18;1-2/h13H,5-11H2,1-4H3;1-2H3. The Labute approximate surface area is 135 Å². The first kappa shape index (κ1) is 20.8. The lowest BCUT2D eigenvalue weighted by molar-refractivity contribution is -0.140. The molecule has 4 nitrogen and oxygen atoms in total. The van der Waals surface area contributed by atoms with Crippen molar-refractivity contribution in [2.75, 3.05) is 6.54 Å². The van der Waals surface area contributed by atoms with Crippen LogP contribution in [0.15, 0.2) is 0 Å². The van der Waals surface area contributed by atoms with Crippen LogP contribution in [0.4, 0.5) is 0 Å². The van der Waals surface area contributed by atoms with Crippen molar-refractivity contribution in [3.63, 3.8) is 0 Å². The molecule has 0 spiro atoms. The Hall–Kier alpha value is -1.19. The highest BCUT2D eigenvalue weighted by Gasteiger charge is 2.45. The second kappa shape index (κ2) is 9.75. The highest BCUT2D eigenvalue weighted by atomic mass is 16.2. The third-order valence-electron chi connectivity index (χ3n) is 4.51. The maximum Gasteiger partial charge on any atom is 0.233 e. The lowest BCUT2D eigenvalue weighted by Gasteiger charge is -2.28. The van der Waals surface area contributed by atoms with Crippen LogP contribution in [-0.2, 0) is 14.4 Å². The van der Waals surface area contributed by atoms with E-state index in [2.05, 4.69) is 20.8 Å². The minimum absolute atomic E-state index is 0.00609. The molecule has 1 heterocycles. The first-order valence-electron chi connectivity index (χ1n) is 8.63. The zero-order valence-corrected chi connectivity index (χ0v) is 15.2. The van der Waals surface area contributed by atoms with Gasteiger partial charge in [0, 0.05) is 19.4 Å². The van der Waals surface area contributed by atoms with Crippen molar-refractivity contribution in [3.8, 4) is 0 Å². The quantitative estimate of drug-likeness (QED) is 0.503. The Bertz CT molecular complexity index is 388. The molecule has 0 aromatic carbocycles. The molecule has 1 rings (SSSR count). The molecule has 1 aliphatic rings. The Morgan fingerprint density at radius 1 is 1.18 bits per heavy atom. The predicted octanol–water partition coefficient (Wildman–Crippen LogP) is 3.97. The van der Waals surface area contributed by atoms with E-state index in [9.17, 15) is 14.4 Å². The molecule has 1 fully saturated rings. The molecule has 4 heteroatoms. The van der Waals surface area contributed by atoms with Gasteiger partial charge in [0.25, 0.3) is 0 Å². The second-order valence-electron chi connectivity index (χ2n) is 6.50. The maximum absolute atomic E-state index is 12.3. The van der Waals surface area contributed by atoms with E-state index in [1.165, 1.54) is 4.90 Å². The summed E-state index contributed by atoms with van der Waals surface area (Å²) in [6.07, 6.45) is 4.36. The molecule has 1 saturated heterocycles. The monoisotopic (exact) mass is 311 g/mol. The van der Waals surface area contributed by atoms with Gasteiger partial charge in [-0.2, -0.15) is 0 Å². The van der Waals surface area contributed by atoms with Crippen molar-refractivity contribution in [1.82, 2.24) is 4.90 Å². The van der Waals surface area contributed by atoms with E-state index in [1.54, 1.807) is 6.92 Å².